The van der Waals surface area contributed by atoms with Crippen LogP contribution in [-0.4, -0.2) is 31.0 Å². The zero-order valence-electron chi connectivity index (χ0n) is 14.7. The molecule has 0 aliphatic carbocycles. The van der Waals surface area contributed by atoms with E-state index in [9.17, 15) is 9.18 Å². The number of rotatable bonds is 5. The molecule has 0 saturated carbocycles. The molecule has 1 heterocycles. The van der Waals surface area contributed by atoms with Crippen molar-refractivity contribution in [1.29, 1.82) is 0 Å². The van der Waals surface area contributed by atoms with Gasteiger partial charge in [0, 0.05) is 18.1 Å². The van der Waals surface area contributed by atoms with Gasteiger partial charge in [0.1, 0.15) is 11.6 Å². The Morgan fingerprint density at radius 3 is 2.81 bits per heavy atom. The number of nitrogens with one attached hydrogen (secondary N) is 1. The van der Waals surface area contributed by atoms with Crippen molar-refractivity contribution in [3.05, 3.63) is 58.9 Å². The van der Waals surface area contributed by atoms with Crippen molar-refractivity contribution in [3.8, 4) is 5.75 Å². The number of piperidine rings is 1. The van der Waals surface area contributed by atoms with E-state index >= 15 is 0 Å². The normalized spacial score (nSPS) is 17.7. The topological polar surface area (TPSA) is 41.6 Å². The highest BCUT2D eigenvalue weighted by atomic mass is 35.5. The fourth-order valence-electron chi connectivity index (χ4n) is 3.27. The van der Waals surface area contributed by atoms with Crippen molar-refractivity contribution >= 4 is 23.2 Å². The standard InChI is InChI=1S/C20H22ClFN2O2/c1-26-19-9-6-16(21)11-18(19)23-20(25)15-3-2-10-24(13-15)12-14-4-7-17(22)8-5-14/h4-9,11,15H,2-3,10,12-13H2,1H3,(H,23,25). The fraction of sp³-hybridized carbons (Fsp3) is 0.350. The van der Waals surface area contributed by atoms with Crippen LogP contribution in [0.25, 0.3) is 0 Å². The molecule has 4 nitrogen and oxygen atoms in total. The molecule has 1 saturated heterocycles. The number of likely N-dealkylation sites (tertiary alicyclic amines) is 1. The average Bonchev–Trinajstić information content (AvgIpc) is 2.64. The number of carbonyl (C=O) groups is 1. The molecule has 6 heteroatoms. The molecule has 0 radical (unpaired) electrons. The molecule has 138 valence electrons. The first kappa shape index (κ1) is 18.7. The van der Waals surface area contributed by atoms with Crippen molar-refractivity contribution in [1.82, 2.24) is 4.90 Å². The number of amides is 1. The summed E-state index contributed by atoms with van der Waals surface area (Å²) in [5, 5.41) is 3.48. The summed E-state index contributed by atoms with van der Waals surface area (Å²) < 4.78 is 18.3. The molecular formula is C20H22ClFN2O2. The van der Waals surface area contributed by atoms with E-state index in [-0.39, 0.29) is 17.6 Å². The first-order chi connectivity index (χ1) is 12.5. The van der Waals surface area contributed by atoms with Crippen LogP contribution >= 0.6 is 11.6 Å². The zero-order valence-corrected chi connectivity index (χ0v) is 15.4. The number of carbonyl (C=O) groups excluding carboxylic acids is 1. The van der Waals surface area contributed by atoms with E-state index in [4.69, 9.17) is 16.3 Å². The molecular weight excluding hydrogens is 355 g/mol. The van der Waals surface area contributed by atoms with E-state index < -0.39 is 0 Å². The van der Waals surface area contributed by atoms with Crippen LogP contribution < -0.4 is 10.1 Å². The van der Waals surface area contributed by atoms with Gasteiger partial charge in [0.15, 0.2) is 0 Å². The first-order valence-electron chi connectivity index (χ1n) is 8.66. The average molecular weight is 377 g/mol. The molecule has 0 aromatic heterocycles. The number of halogens is 2. The van der Waals surface area contributed by atoms with Crippen LogP contribution in [0.3, 0.4) is 0 Å². The number of nitrogens with zero attached hydrogens (tertiary/aromatic N) is 1. The SMILES string of the molecule is COc1ccc(Cl)cc1NC(=O)C1CCCN(Cc2ccc(F)cc2)C1. The van der Waals surface area contributed by atoms with Gasteiger partial charge in [-0.15, -0.1) is 0 Å². The first-order valence-corrected chi connectivity index (χ1v) is 9.04. The zero-order chi connectivity index (χ0) is 18.5. The molecule has 2 aromatic carbocycles. The fourth-order valence-corrected chi connectivity index (χ4v) is 3.45. The van der Waals surface area contributed by atoms with E-state index in [1.165, 1.54) is 12.1 Å². The number of anilines is 1. The maximum atomic E-state index is 13.0. The Hall–Kier alpha value is -2.11. The Morgan fingerprint density at radius 2 is 2.08 bits per heavy atom. The Bertz CT molecular complexity index is 767. The third-order valence-corrected chi connectivity index (χ3v) is 4.85. The second kappa shape index (κ2) is 8.52. The second-order valence-corrected chi connectivity index (χ2v) is 6.97. The van der Waals surface area contributed by atoms with Crippen molar-refractivity contribution in [2.75, 3.05) is 25.5 Å². The predicted octanol–water partition coefficient (Wildman–Crippen LogP) is 4.34. The minimum Gasteiger partial charge on any atom is -0.495 e. The van der Waals surface area contributed by atoms with Gasteiger partial charge in [-0.1, -0.05) is 23.7 Å². The molecule has 26 heavy (non-hydrogen) atoms. The van der Waals surface area contributed by atoms with Crippen molar-refractivity contribution < 1.29 is 13.9 Å². The molecule has 1 aliphatic heterocycles. The summed E-state index contributed by atoms with van der Waals surface area (Å²) in [6.45, 7) is 2.32. The van der Waals surface area contributed by atoms with Crippen LogP contribution in [-0.2, 0) is 11.3 Å². The van der Waals surface area contributed by atoms with Crippen LogP contribution in [0.5, 0.6) is 5.75 Å². The monoisotopic (exact) mass is 376 g/mol. The summed E-state index contributed by atoms with van der Waals surface area (Å²) in [5.74, 6) is 0.212. The summed E-state index contributed by atoms with van der Waals surface area (Å²) in [6, 6.07) is 11.7. The van der Waals surface area contributed by atoms with E-state index in [2.05, 4.69) is 10.2 Å². The Kier molecular flexibility index (Phi) is 6.12. The predicted molar refractivity (Wildman–Crippen MR) is 101 cm³/mol. The van der Waals surface area contributed by atoms with Gasteiger partial charge in [0.05, 0.1) is 18.7 Å². The lowest BCUT2D eigenvalue weighted by atomic mass is 9.96. The second-order valence-electron chi connectivity index (χ2n) is 6.53. The van der Waals surface area contributed by atoms with Gasteiger partial charge in [-0.25, -0.2) is 4.39 Å². The lowest BCUT2D eigenvalue weighted by molar-refractivity contribution is -0.121. The van der Waals surface area contributed by atoms with Gasteiger partial charge in [-0.05, 0) is 55.3 Å². The van der Waals surface area contributed by atoms with Crippen LogP contribution in [0.4, 0.5) is 10.1 Å². The van der Waals surface area contributed by atoms with Gasteiger partial charge in [-0.3, -0.25) is 9.69 Å². The van der Waals surface area contributed by atoms with Crippen molar-refractivity contribution in [3.63, 3.8) is 0 Å². The van der Waals surface area contributed by atoms with Gasteiger partial charge in [-0.2, -0.15) is 0 Å². The van der Waals surface area contributed by atoms with Crippen molar-refractivity contribution in [2.24, 2.45) is 5.92 Å². The molecule has 1 aliphatic rings. The highest BCUT2D eigenvalue weighted by Gasteiger charge is 2.26. The lowest BCUT2D eigenvalue weighted by Crippen LogP contribution is -2.40. The maximum Gasteiger partial charge on any atom is 0.228 e. The highest BCUT2D eigenvalue weighted by Crippen LogP contribution is 2.29. The number of methoxy groups -OCH3 is 1. The molecule has 2 aromatic rings. The quantitative estimate of drug-likeness (QED) is 0.844. The van der Waals surface area contributed by atoms with Gasteiger partial charge >= 0.3 is 0 Å². The molecule has 0 bridgehead atoms. The minimum atomic E-state index is -0.236. The number of ether oxygens (including phenoxy) is 1. The molecule has 1 N–H and O–H groups in total. The molecule has 0 spiro atoms. The van der Waals surface area contributed by atoms with Gasteiger partial charge in [0.25, 0.3) is 0 Å². The Morgan fingerprint density at radius 1 is 1.31 bits per heavy atom. The molecule has 3 rings (SSSR count). The largest absolute Gasteiger partial charge is 0.495 e. The van der Waals surface area contributed by atoms with E-state index in [1.54, 1.807) is 37.4 Å². The number of hydrogen-bond acceptors (Lipinski definition) is 3. The van der Waals surface area contributed by atoms with E-state index in [0.29, 0.717) is 29.5 Å². The van der Waals surface area contributed by atoms with E-state index in [0.717, 1.165) is 24.9 Å². The Labute approximate surface area is 157 Å². The summed E-state index contributed by atoms with van der Waals surface area (Å²) in [6.07, 6.45) is 1.79. The van der Waals surface area contributed by atoms with Gasteiger partial charge in [0.2, 0.25) is 5.91 Å². The molecule has 1 amide bonds. The van der Waals surface area contributed by atoms with Crippen LogP contribution in [0.2, 0.25) is 5.02 Å². The molecule has 1 atom stereocenters. The molecule has 1 fully saturated rings. The summed E-state index contributed by atoms with van der Waals surface area (Å²) >= 11 is 6.03. The summed E-state index contributed by atoms with van der Waals surface area (Å²) in [7, 11) is 1.56. The van der Waals surface area contributed by atoms with Crippen LogP contribution in [0.15, 0.2) is 42.5 Å². The minimum absolute atomic E-state index is 0.0330. The summed E-state index contributed by atoms with van der Waals surface area (Å²) in [5.41, 5.74) is 1.63. The van der Waals surface area contributed by atoms with Crippen molar-refractivity contribution in [2.45, 2.75) is 19.4 Å². The summed E-state index contributed by atoms with van der Waals surface area (Å²) in [4.78, 5) is 14.9. The maximum absolute atomic E-state index is 13.0. The third kappa shape index (κ3) is 4.74. The third-order valence-electron chi connectivity index (χ3n) is 4.62. The molecule has 1 unspecified atom stereocenters. The Balaban J connectivity index is 1.62. The van der Waals surface area contributed by atoms with E-state index in [1.807, 2.05) is 0 Å². The van der Waals surface area contributed by atoms with Crippen LogP contribution in [0.1, 0.15) is 18.4 Å². The number of hydrogen-bond donors (Lipinski definition) is 1. The smallest absolute Gasteiger partial charge is 0.228 e. The highest BCUT2D eigenvalue weighted by molar-refractivity contribution is 6.31. The number of benzene rings is 2. The van der Waals surface area contributed by atoms with Gasteiger partial charge < -0.3 is 10.1 Å². The van der Waals surface area contributed by atoms with Crippen LogP contribution in [0, 0.1) is 11.7 Å². The lowest BCUT2D eigenvalue weighted by Gasteiger charge is -2.32.